The summed E-state index contributed by atoms with van der Waals surface area (Å²) >= 11 is 0. The standard InChI is InChI=1S/C22H30O3/c1-3-25-21(24)13-15-5-9-20-19-7-4-14-12-16(23)6-8-17(14)18(19)10-11-22(15,20)2/h6,8,12,15,18-20,23H,3-5,7,9-11,13H2,1-2H3. The minimum Gasteiger partial charge on any atom is -0.508 e. The van der Waals surface area contributed by atoms with Crippen molar-refractivity contribution in [1.29, 1.82) is 0 Å². The summed E-state index contributed by atoms with van der Waals surface area (Å²) in [7, 11) is 0. The molecule has 0 aromatic heterocycles. The van der Waals surface area contributed by atoms with Gasteiger partial charge in [0, 0.05) is 6.42 Å². The molecule has 25 heavy (non-hydrogen) atoms. The molecule has 4 rings (SSSR count). The first-order chi connectivity index (χ1) is 12.0. The van der Waals surface area contributed by atoms with Crippen LogP contribution in [-0.2, 0) is 16.0 Å². The summed E-state index contributed by atoms with van der Waals surface area (Å²) in [6.45, 7) is 4.82. The molecule has 0 bridgehead atoms. The molecule has 1 aromatic rings. The number of phenols is 1. The van der Waals surface area contributed by atoms with Crippen LogP contribution in [0.15, 0.2) is 18.2 Å². The normalized spacial score (nSPS) is 36.2. The van der Waals surface area contributed by atoms with Crippen molar-refractivity contribution in [2.45, 2.75) is 64.7 Å². The Kier molecular flexibility index (Phi) is 4.29. The summed E-state index contributed by atoms with van der Waals surface area (Å²) in [5.41, 5.74) is 3.12. The topological polar surface area (TPSA) is 46.5 Å². The number of carbonyl (C=O) groups is 1. The highest BCUT2D eigenvalue weighted by molar-refractivity contribution is 5.69. The molecule has 1 N–H and O–H groups in total. The molecule has 3 aliphatic carbocycles. The van der Waals surface area contributed by atoms with Gasteiger partial charge in [-0.15, -0.1) is 0 Å². The van der Waals surface area contributed by atoms with Crippen LogP contribution in [0.3, 0.4) is 0 Å². The third-order valence-electron chi connectivity index (χ3n) is 7.62. The van der Waals surface area contributed by atoms with E-state index in [1.807, 2.05) is 19.1 Å². The van der Waals surface area contributed by atoms with Crippen LogP contribution in [0, 0.1) is 23.2 Å². The lowest BCUT2D eigenvalue weighted by Gasteiger charge is -2.51. The summed E-state index contributed by atoms with van der Waals surface area (Å²) < 4.78 is 5.23. The Morgan fingerprint density at radius 2 is 2.12 bits per heavy atom. The molecule has 0 aliphatic heterocycles. The van der Waals surface area contributed by atoms with Crippen LogP contribution >= 0.6 is 0 Å². The molecule has 2 saturated carbocycles. The molecule has 3 aliphatic rings. The van der Waals surface area contributed by atoms with Gasteiger partial charge in [-0.05, 0) is 97.8 Å². The van der Waals surface area contributed by atoms with Crippen molar-refractivity contribution in [3.05, 3.63) is 29.3 Å². The highest BCUT2D eigenvalue weighted by Crippen LogP contribution is 2.63. The predicted octanol–water partition coefficient (Wildman–Crippen LogP) is 4.82. The SMILES string of the molecule is CCOC(=O)CC1CCC2C3CCc4cc(O)ccc4C3CCC12C. The van der Waals surface area contributed by atoms with E-state index in [4.69, 9.17) is 4.74 Å². The van der Waals surface area contributed by atoms with Gasteiger partial charge < -0.3 is 9.84 Å². The Balaban J connectivity index is 1.56. The number of hydrogen-bond acceptors (Lipinski definition) is 3. The minimum atomic E-state index is -0.0130. The summed E-state index contributed by atoms with van der Waals surface area (Å²) in [6, 6.07) is 5.99. The Morgan fingerprint density at radius 3 is 2.92 bits per heavy atom. The number of rotatable bonds is 3. The number of carbonyl (C=O) groups excluding carboxylic acids is 1. The molecule has 3 heteroatoms. The number of benzene rings is 1. The van der Waals surface area contributed by atoms with E-state index in [0.29, 0.717) is 36.0 Å². The summed E-state index contributed by atoms with van der Waals surface area (Å²) in [4.78, 5) is 12.0. The van der Waals surface area contributed by atoms with Gasteiger partial charge in [-0.25, -0.2) is 0 Å². The molecule has 2 fully saturated rings. The Morgan fingerprint density at radius 1 is 1.28 bits per heavy atom. The summed E-state index contributed by atoms with van der Waals surface area (Å²) in [6.07, 6.45) is 7.77. The molecule has 136 valence electrons. The molecule has 0 saturated heterocycles. The van der Waals surface area contributed by atoms with E-state index in [0.717, 1.165) is 18.3 Å². The first-order valence-electron chi connectivity index (χ1n) is 10.0. The van der Waals surface area contributed by atoms with E-state index < -0.39 is 0 Å². The third kappa shape index (κ3) is 2.76. The zero-order chi connectivity index (χ0) is 17.6. The largest absolute Gasteiger partial charge is 0.508 e. The van der Waals surface area contributed by atoms with Gasteiger partial charge in [0.05, 0.1) is 6.61 Å². The fourth-order valence-corrected chi connectivity index (χ4v) is 6.43. The quantitative estimate of drug-likeness (QED) is 0.801. The highest BCUT2D eigenvalue weighted by Gasteiger charge is 2.54. The highest BCUT2D eigenvalue weighted by atomic mass is 16.5. The lowest BCUT2D eigenvalue weighted by atomic mass is 9.54. The molecular weight excluding hydrogens is 312 g/mol. The number of phenolic OH excluding ortho intramolecular Hbond substituents is 1. The zero-order valence-electron chi connectivity index (χ0n) is 15.5. The number of ether oxygens (including phenoxy) is 1. The number of aromatic hydroxyl groups is 1. The molecule has 5 atom stereocenters. The maximum absolute atomic E-state index is 12.0. The van der Waals surface area contributed by atoms with Crippen LogP contribution in [0.25, 0.3) is 0 Å². The van der Waals surface area contributed by atoms with Crippen molar-refractivity contribution in [1.82, 2.24) is 0 Å². The maximum Gasteiger partial charge on any atom is 0.306 e. The molecule has 0 spiro atoms. The fourth-order valence-electron chi connectivity index (χ4n) is 6.43. The first-order valence-corrected chi connectivity index (χ1v) is 10.0. The lowest BCUT2D eigenvalue weighted by molar-refractivity contribution is -0.145. The van der Waals surface area contributed by atoms with Crippen molar-refractivity contribution in [2.75, 3.05) is 6.61 Å². The average Bonchev–Trinajstić information content (AvgIpc) is 2.91. The van der Waals surface area contributed by atoms with Gasteiger partial charge in [0.25, 0.3) is 0 Å². The molecule has 5 unspecified atom stereocenters. The monoisotopic (exact) mass is 342 g/mol. The van der Waals surface area contributed by atoms with E-state index in [1.54, 1.807) is 0 Å². The molecule has 3 nitrogen and oxygen atoms in total. The maximum atomic E-state index is 12.0. The lowest BCUT2D eigenvalue weighted by Crippen LogP contribution is -2.42. The molecule has 0 heterocycles. The van der Waals surface area contributed by atoms with Crippen LogP contribution in [0.2, 0.25) is 0 Å². The van der Waals surface area contributed by atoms with Crippen LogP contribution in [0.5, 0.6) is 5.75 Å². The van der Waals surface area contributed by atoms with Crippen molar-refractivity contribution < 1.29 is 14.6 Å². The Bertz CT molecular complexity index is 667. The van der Waals surface area contributed by atoms with Gasteiger partial charge in [-0.1, -0.05) is 13.0 Å². The van der Waals surface area contributed by atoms with Crippen molar-refractivity contribution >= 4 is 5.97 Å². The average molecular weight is 342 g/mol. The third-order valence-corrected chi connectivity index (χ3v) is 7.62. The van der Waals surface area contributed by atoms with Gasteiger partial charge in [-0.3, -0.25) is 4.79 Å². The van der Waals surface area contributed by atoms with Crippen LogP contribution in [0.4, 0.5) is 0 Å². The van der Waals surface area contributed by atoms with Gasteiger partial charge in [-0.2, -0.15) is 0 Å². The Labute approximate surface area is 150 Å². The predicted molar refractivity (Wildman–Crippen MR) is 97.5 cm³/mol. The number of aryl methyl sites for hydroxylation is 1. The second-order valence-electron chi connectivity index (χ2n) is 8.63. The van der Waals surface area contributed by atoms with Gasteiger partial charge in [0.1, 0.15) is 5.75 Å². The fraction of sp³-hybridized carbons (Fsp3) is 0.682. The van der Waals surface area contributed by atoms with Gasteiger partial charge in [0.15, 0.2) is 0 Å². The van der Waals surface area contributed by atoms with E-state index in [1.165, 1.54) is 43.2 Å². The van der Waals surface area contributed by atoms with Crippen LogP contribution in [-0.4, -0.2) is 17.7 Å². The first kappa shape index (κ1) is 16.9. The van der Waals surface area contributed by atoms with Crippen LogP contribution < -0.4 is 0 Å². The smallest absolute Gasteiger partial charge is 0.306 e. The van der Waals surface area contributed by atoms with Crippen molar-refractivity contribution in [3.8, 4) is 5.75 Å². The van der Waals surface area contributed by atoms with Gasteiger partial charge >= 0.3 is 5.97 Å². The second-order valence-corrected chi connectivity index (χ2v) is 8.63. The second kappa shape index (κ2) is 6.34. The van der Waals surface area contributed by atoms with E-state index >= 15 is 0 Å². The van der Waals surface area contributed by atoms with E-state index in [2.05, 4.69) is 13.0 Å². The molecular formula is C22H30O3. The number of fused-ring (bicyclic) bond motifs is 5. The molecule has 0 radical (unpaired) electrons. The Hall–Kier alpha value is -1.51. The van der Waals surface area contributed by atoms with E-state index in [-0.39, 0.29) is 5.97 Å². The van der Waals surface area contributed by atoms with Crippen LogP contribution in [0.1, 0.15) is 69.4 Å². The van der Waals surface area contributed by atoms with E-state index in [9.17, 15) is 9.90 Å². The summed E-state index contributed by atoms with van der Waals surface area (Å²) in [5, 5.41) is 9.79. The van der Waals surface area contributed by atoms with Gasteiger partial charge in [0.2, 0.25) is 0 Å². The zero-order valence-corrected chi connectivity index (χ0v) is 15.5. The molecule has 0 amide bonds. The number of esters is 1. The summed E-state index contributed by atoms with van der Waals surface area (Å²) in [5.74, 6) is 2.98. The molecule has 1 aromatic carbocycles. The van der Waals surface area contributed by atoms with Crippen molar-refractivity contribution in [2.24, 2.45) is 23.2 Å². The van der Waals surface area contributed by atoms with Crippen molar-refractivity contribution in [3.63, 3.8) is 0 Å². The minimum absolute atomic E-state index is 0.0130. The number of hydrogen-bond donors (Lipinski definition) is 1.